The third-order valence-electron chi connectivity index (χ3n) is 0.607. The third kappa shape index (κ3) is 5.37. The average molecular weight is 164 g/mol. The first-order valence-corrected chi connectivity index (χ1v) is 3.49. The molecule has 0 aliphatic heterocycles. The molecule has 5 nitrogen and oxygen atoms in total. The molecule has 0 heterocycles. The molecule has 0 fully saturated rings. The van der Waals surface area contributed by atoms with Gasteiger partial charge in [0.05, 0.1) is 0 Å². The summed E-state index contributed by atoms with van der Waals surface area (Å²) in [4.78, 5) is 18.4. The molecular weight excluding hydrogens is 157 g/mol. The van der Waals surface area contributed by atoms with Gasteiger partial charge < -0.3 is 5.32 Å². The Labute approximate surface area is 58.6 Å². The van der Waals surface area contributed by atoms with Crippen LogP contribution in [0.3, 0.4) is 0 Å². The van der Waals surface area contributed by atoms with Gasteiger partial charge >= 0.3 is 8.25 Å². The number of nitrogens with one attached hydrogen (secondary N) is 1. The highest BCUT2D eigenvalue weighted by Gasteiger charge is 2.10. The number of rotatable bonds is 4. The molecule has 2 N–H and O–H groups in total. The molecule has 10 heavy (non-hydrogen) atoms. The summed E-state index contributed by atoms with van der Waals surface area (Å²) < 4.78 is 13.9. The monoisotopic (exact) mass is 164 g/mol. The van der Waals surface area contributed by atoms with Gasteiger partial charge in [0, 0.05) is 4.57 Å². The Kier molecular flexibility index (Phi) is 4.66. The molecule has 56 valence electrons. The standard InChI is InChI=1S/C4H6NO4P/c1-2-4(6)5-3-9-10(7)8/h2H,1,3H2,(H-,5,6,7,8)/p+1. The number of hydrogen-bond acceptors (Lipinski definition) is 3. The second kappa shape index (κ2) is 5.05. The van der Waals surface area contributed by atoms with Gasteiger partial charge in [-0.25, -0.2) is 0 Å². The first kappa shape index (κ1) is 9.23. The molecule has 0 aromatic heterocycles. The van der Waals surface area contributed by atoms with Crippen LogP contribution in [0.25, 0.3) is 0 Å². The zero-order valence-corrected chi connectivity index (χ0v) is 6.01. The van der Waals surface area contributed by atoms with Crippen molar-refractivity contribution in [3.05, 3.63) is 12.7 Å². The lowest BCUT2D eigenvalue weighted by Gasteiger charge is -1.91. The van der Waals surface area contributed by atoms with Crippen molar-refractivity contribution in [3.8, 4) is 0 Å². The lowest BCUT2D eigenvalue weighted by Crippen LogP contribution is -2.22. The number of hydrogen-bond donors (Lipinski definition) is 2. The van der Waals surface area contributed by atoms with E-state index in [2.05, 4.69) is 16.4 Å². The summed E-state index contributed by atoms with van der Waals surface area (Å²) in [5, 5.41) is 2.14. The van der Waals surface area contributed by atoms with Gasteiger partial charge in [0.1, 0.15) is 0 Å². The third-order valence-corrected chi connectivity index (χ3v) is 0.957. The molecule has 0 spiro atoms. The second-order valence-corrected chi connectivity index (χ2v) is 1.99. The molecule has 0 aromatic carbocycles. The van der Waals surface area contributed by atoms with Gasteiger partial charge in [0.15, 0.2) is 6.73 Å². The van der Waals surface area contributed by atoms with Gasteiger partial charge in [-0.2, -0.15) is 0 Å². The van der Waals surface area contributed by atoms with Crippen LogP contribution in [0.15, 0.2) is 12.7 Å². The van der Waals surface area contributed by atoms with Crippen molar-refractivity contribution in [2.75, 3.05) is 6.73 Å². The maximum atomic E-state index is 10.3. The lowest BCUT2D eigenvalue weighted by atomic mass is 10.6. The van der Waals surface area contributed by atoms with E-state index < -0.39 is 14.2 Å². The van der Waals surface area contributed by atoms with Crippen LogP contribution in [-0.4, -0.2) is 17.5 Å². The van der Waals surface area contributed by atoms with Crippen molar-refractivity contribution in [1.82, 2.24) is 5.32 Å². The second-order valence-electron chi connectivity index (χ2n) is 1.26. The van der Waals surface area contributed by atoms with Gasteiger partial charge in [-0.05, 0) is 6.08 Å². The Morgan fingerprint density at radius 3 is 2.90 bits per heavy atom. The van der Waals surface area contributed by atoms with Gasteiger partial charge in [0.25, 0.3) is 0 Å². The van der Waals surface area contributed by atoms with Crippen molar-refractivity contribution >= 4 is 14.2 Å². The van der Waals surface area contributed by atoms with E-state index in [0.717, 1.165) is 6.08 Å². The van der Waals surface area contributed by atoms with E-state index >= 15 is 0 Å². The molecule has 0 rings (SSSR count). The van der Waals surface area contributed by atoms with Gasteiger partial charge in [-0.15, -0.1) is 4.89 Å². The van der Waals surface area contributed by atoms with E-state index in [1.165, 1.54) is 0 Å². The van der Waals surface area contributed by atoms with Crippen molar-refractivity contribution in [2.45, 2.75) is 0 Å². The maximum Gasteiger partial charge on any atom is 0.696 e. The van der Waals surface area contributed by atoms with E-state index in [9.17, 15) is 9.36 Å². The highest BCUT2D eigenvalue weighted by atomic mass is 31.1. The summed E-state index contributed by atoms with van der Waals surface area (Å²) in [5.41, 5.74) is 0. The van der Waals surface area contributed by atoms with E-state index in [1.54, 1.807) is 0 Å². The molecule has 1 amide bonds. The Morgan fingerprint density at radius 1 is 1.90 bits per heavy atom. The van der Waals surface area contributed by atoms with Gasteiger partial charge in [0.2, 0.25) is 5.91 Å². The van der Waals surface area contributed by atoms with E-state index in [1.807, 2.05) is 0 Å². The minimum atomic E-state index is -2.64. The van der Waals surface area contributed by atoms with Crippen LogP contribution in [0, 0.1) is 0 Å². The van der Waals surface area contributed by atoms with Crippen LogP contribution in [0.4, 0.5) is 0 Å². The first-order valence-electron chi connectivity index (χ1n) is 2.36. The molecule has 0 bridgehead atoms. The maximum absolute atomic E-state index is 10.3. The largest absolute Gasteiger partial charge is 0.696 e. The molecule has 0 saturated carbocycles. The van der Waals surface area contributed by atoms with E-state index in [-0.39, 0.29) is 6.73 Å². The van der Waals surface area contributed by atoms with Crippen LogP contribution in [0.2, 0.25) is 0 Å². The fraction of sp³-hybridized carbons (Fsp3) is 0.250. The summed E-state index contributed by atoms with van der Waals surface area (Å²) in [6.45, 7) is 2.87. The highest BCUT2D eigenvalue weighted by Crippen LogP contribution is 2.11. The Balaban J connectivity index is 3.28. The van der Waals surface area contributed by atoms with Gasteiger partial charge in [-0.1, -0.05) is 11.1 Å². The van der Waals surface area contributed by atoms with E-state index in [4.69, 9.17) is 4.89 Å². The summed E-state index contributed by atoms with van der Waals surface area (Å²) in [6.07, 6.45) is 1.04. The van der Waals surface area contributed by atoms with Gasteiger partial charge in [-0.3, -0.25) is 4.79 Å². The molecule has 1 unspecified atom stereocenters. The molecule has 1 atom stereocenters. The Bertz CT molecular complexity index is 157. The van der Waals surface area contributed by atoms with Crippen LogP contribution < -0.4 is 5.32 Å². The van der Waals surface area contributed by atoms with E-state index in [0.29, 0.717) is 0 Å². The average Bonchev–Trinajstić information content (AvgIpc) is 1.87. The predicted octanol–water partition coefficient (Wildman–Crippen LogP) is -0.0876. The zero-order valence-electron chi connectivity index (χ0n) is 5.11. The zero-order chi connectivity index (χ0) is 7.98. The summed E-state index contributed by atoms with van der Waals surface area (Å²) >= 11 is 0. The molecule has 0 saturated heterocycles. The molecule has 0 aliphatic carbocycles. The molecule has 0 aromatic rings. The van der Waals surface area contributed by atoms with Crippen LogP contribution in [0.5, 0.6) is 0 Å². The van der Waals surface area contributed by atoms with Crippen molar-refractivity contribution in [2.24, 2.45) is 0 Å². The minimum absolute atomic E-state index is 0.281. The number of amides is 1. The highest BCUT2D eigenvalue weighted by molar-refractivity contribution is 7.32. The SMILES string of the molecule is C=CC(=O)NCO[P+](=O)O. The fourth-order valence-corrected chi connectivity index (χ4v) is 0.406. The Hall–Kier alpha value is -0.770. The topological polar surface area (TPSA) is 75.6 Å². The number of carbonyl (C=O) groups excluding carboxylic acids is 1. The van der Waals surface area contributed by atoms with Crippen LogP contribution in [-0.2, 0) is 13.9 Å². The Morgan fingerprint density at radius 2 is 2.50 bits per heavy atom. The summed E-state index contributed by atoms with van der Waals surface area (Å²) in [5.74, 6) is -0.447. The minimum Gasteiger partial charge on any atom is -0.325 e. The number of carbonyl (C=O) groups is 1. The predicted molar refractivity (Wildman–Crippen MR) is 34.1 cm³/mol. The van der Waals surface area contributed by atoms with Crippen LogP contribution in [0.1, 0.15) is 0 Å². The molecule has 0 aliphatic rings. The van der Waals surface area contributed by atoms with Crippen LogP contribution >= 0.6 is 8.25 Å². The van der Waals surface area contributed by atoms with Crippen molar-refractivity contribution < 1.29 is 18.8 Å². The molecule has 6 heteroatoms. The summed E-state index contributed by atoms with van der Waals surface area (Å²) in [7, 11) is -2.64. The quantitative estimate of drug-likeness (QED) is 0.346. The van der Waals surface area contributed by atoms with Crippen molar-refractivity contribution in [1.29, 1.82) is 0 Å². The fourth-order valence-electron chi connectivity index (χ4n) is 0.231. The smallest absolute Gasteiger partial charge is 0.325 e. The molecular formula is C4H7NO4P+. The lowest BCUT2D eigenvalue weighted by molar-refractivity contribution is -0.117. The normalized spacial score (nSPS) is 10.3. The first-order chi connectivity index (χ1) is 4.66. The molecule has 0 radical (unpaired) electrons. The summed E-state index contributed by atoms with van der Waals surface area (Å²) in [6, 6.07) is 0. The van der Waals surface area contributed by atoms with Crippen molar-refractivity contribution in [3.63, 3.8) is 0 Å².